The molecule has 1 aliphatic heterocycles. The smallest absolute Gasteiger partial charge is 0.250 e. The van der Waals surface area contributed by atoms with E-state index in [4.69, 9.17) is 9.72 Å². The molecule has 0 aliphatic carbocycles. The second kappa shape index (κ2) is 6.78. The van der Waals surface area contributed by atoms with Crippen molar-refractivity contribution in [1.29, 1.82) is 0 Å². The summed E-state index contributed by atoms with van der Waals surface area (Å²) < 4.78 is 7.53. The lowest BCUT2D eigenvalue weighted by molar-refractivity contribution is -0.0331. The van der Waals surface area contributed by atoms with Crippen molar-refractivity contribution in [3.05, 3.63) is 50.3 Å². The molecule has 0 spiro atoms. The summed E-state index contributed by atoms with van der Waals surface area (Å²) in [5, 5.41) is 3.19. The lowest BCUT2D eigenvalue weighted by Crippen LogP contribution is -2.38. The molecule has 0 aromatic carbocycles. The highest BCUT2D eigenvalue weighted by molar-refractivity contribution is 7.09. The first-order chi connectivity index (χ1) is 11.3. The molecular weight excluding hydrogens is 322 g/mol. The molecule has 3 heterocycles. The lowest BCUT2D eigenvalue weighted by atomic mass is 9.93. The quantitative estimate of drug-likeness (QED) is 0.856. The van der Waals surface area contributed by atoms with Gasteiger partial charge >= 0.3 is 0 Å². The normalized spacial score (nSPS) is 19.6. The molecule has 1 saturated heterocycles. The summed E-state index contributed by atoms with van der Waals surface area (Å²) in [5.41, 5.74) is 2.27. The average molecular weight is 347 g/mol. The number of hydrogen-bond acceptors (Lipinski definition) is 5. The van der Waals surface area contributed by atoms with Crippen molar-refractivity contribution in [2.75, 3.05) is 19.7 Å². The number of morpholine rings is 1. The number of thiazole rings is 1. The highest BCUT2D eigenvalue weighted by atomic mass is 32.1. The van der Waals surface area contributed by atoms with Gasteiger partial charge in [-0.2, -0.15) is 0 Å². The maximum Gasteiger partial charge on any atom is 0.250 e. The summed E-state index contributed by atoms with van der Waals surface area (Å²) in [6.07, 6.45) is 1.85. The number of hydrogen-bond donors (Lipinski definition) is 0. The zero-order valence-electron chi connectivity index (χ0n) is 14.8. The predicted octanol–water partition coefficient (Wildman–Crippen LogP) is 2.71. The van der Waals surface area contributed by atoms with Gasteiger partial charge < -0.3 is 9.30 Å². The van der Waals surface area contributed by atoms with Crippen LogP contribution in [0.3, 0.4) is 0 Å². The highest BCUT2D eigenvalue weighted by Gasteiger charge is 2.26. The van der Waals surface area contributed by atoms with Gasteiger partial charge in [0.15, 0.2) is 0 Å². The molecule has 24 heavy (non-hydrogen) atoms. The van der Waals surface area contributed by atoms with Crippen molar-refractivity contribution in [2.45, 2.75) is 38.8 Å². The van der Waals surface area contributed by atoms with Crippen LogP contribution in [0.5, 0.6) is 0 Å². The molecule has 2 aromatic heterocycles. The highest BCUT2D eigenvalue weighted by Crippen LogP contribution is 2.30. The van der Waals surface area contributed by atoms with Crippen molar-refractivity contribution in [2.24, 2.45) is 7.05 Å². The van der Waals surface area contributed by atoms with Gasteiger partial charge in [-0.05, 0) is 11.6 Å². The first-order valence-electron chi connectivity index (χ1n) is 8.28. The number of rotatable bonds is 3. The molecule has 6 heteroatoms. The number of aryl methyl sites for hydroxylation is 1. The number of ether oxygens (including phenoxy) is 1. The van der Waals surface area contributed by atoms with E-state index in [0.29, 0.717) is 6.61 Å². The molecule has 1 aliphatic rings. The Balaban J connectivity index is 1.69. The van der Waals surface area contributed by atoms with Crippen LogP contribution in [-0.4, -0.2) is 34.1 Å². The number of aromatic nitrogens is 2. The molecule has 0 bridgehead atoms. The number of nitrogens with zero attached hydrogens (tertiary/aromatic N) is 3. The summed E-state index contributed by atoms with van der Waals surface area (Å²) >= 11 is 1.68. The van der Waals surface area contributed by atoms with E-state index in [2.05, 4.69) is 31.1 Å². The van der Waals surface area contributed by atoms with Gasteiger partial charge in [0.1, 0.15) is 11.1 Å². The van der Waals surface area contributed by atoms with Gasteiger partial charge in [0, 0.05) is 49.7 Å². The molecule has 130 valence electrons. The first-order valence-corrected chi connectivity index (χ1v) is 9.16. The van der Waals surface area contributed by atoms with Gasteiger partial charge in [-0.25, -0.2) is 4.98 Å². The van der Waals surface area contributed by atoms with Crippen LogP contribution in [0, 0.1) is 0 Å². The van der Waals surface area contributed by atoms with E-state index in [0.717, 1.165) is 35.9 Å². The zero-order chi connectivity index (χ0) is 17.3. The van der Waals surface area contributed by atoms with Crippen molar-refractivity contribution >= 4 is 11.3 Å². The van der Waals surface area contributed by atoms with Gasteiger partial charge in [0.25, 0.3) is 5.56 Å². The number of pyridine rings is 1. The van der Waals surface area contributed by atoms with Crippen LogP contribution in [0.2, 0.25) is 0 Å². The Morgan fingerprint density at radius 1 is 1.42 bits per heavy atom. The third-order valence-corrected chi connectivity index (χ3v) is 5.23. The van der Waals surface area contributed by atoms with Gasteiger partial charge in [-0.15, -0.1) is 11.3 Å². The fraction of sp³-hybridized carbons (Fsp3) is 0.556. The van der Waals surface area contributed by atoms with Crippen molar-refractivity contribution in [3.63, 3.8) is 0 Å². The SMILES string of the molecule is Cn1ccc(CN2CCOC(c3nc(C(C)(C)C)cs3)C2)cc1=O. The third-order valence-electron chi connectivity index (χ3n) is 4.29. The Labute approximate surface area is 146 Å². The molecule has 5 nitrogen and oxygen atoms in total. The van der Waals surface area contributed by atoms with Crippen LogP contribution >= 0.6 is 11.3 Å². The van der Waals surface area contributed by atoms with Gasteiger partial charge in [-0.1, -0.05) is 20.8 Å². The summed E-state index contributed by atoms with van der Waals surface area (Å²) in [7, 11) is 1.77. The lowest BCUT2D eigenvalue weighted by Gasteiger charge is -2.32. The molecule has 1 atom stereocenters. The second-order valence-electron chi connectivity index (χ2n) is 7.40. The molecule has 2 aromatic rings. The predicted molar refractivity (Wildman–Crippen MR) is 96.5 cm³/mol. The summed E-state index contributed by atoms with van der Waals surface area (Å²) in [4.78, 5) is 18.9. The van der Waals surface area contributed by atoms with Gasteiger partial charge in [-0.3, -0.25) is 9.69 Å². The third kappa shape index (κ3) is 3.94. The minimum Gasteiger partial charge on any atom is -0.368 e. The maximum absolute atomic E-state index is 11.8. The average Bonchev–Trinajstić information content (AvgIpc) is 3.01. The van der Waals surface area contributed by atoms with Crippen LogP contribution in [0.4, 0.5) is 0 Å². The fourth-order valence-corrected chi connectivity index (χ4v) is 3.81. The van der Waals surface area contributed by atoms with E-state index in [1.807, 2.05) is 12.3 Å². The topological polar surface area (TPSA) is 47.4 Å². The van der Waals surface area contributed by atoms with Gasteiger partial charge in [0.2, 0.25) is 0 Å². The minimum atomic E-state index is 0.0198. The van der Waals surface area contributed by atoms with Gasteiger partial charge in [0.05, 0.1) is 12.3 Å². The van der Waals surface area contributed by atoms with E-state index in [1.165, 1.54) is 0 Å². The van der Waals surface area contributed by atoms with E-state index in [-0.39, 0.29) is 17.1 Å². The minimum absolute atomic E-state index is 0.0198. The van der Waals surface area contributed by atoms with E-state index >= 15 is 0 Å². The summed E-state index contributed by atoms with van der Waals surface area (Å²) in [6.45, 7) is 9.68. The van der Waals surface area contributed by atoms with Crippen LogP contribution in [0.25, 0.3) is 0 Å². The summed E-state index contributed by atoms with van der Waals surface area (Å²) in [6, 6.07) is 3.72. The van der Waals surface area contributed by atoms with Crippen molar-refractivity contribution in [3.8, 4) is 0 Å². The van der Waals surface area contributed by atoms with Crippen LogP contribution in [-0.2, 0) is 23.7 Å². The fourth-order valence-electron chi connectivity index (χ4n) is 2.72. The Kier molecular flexibility index (Phi) is 4.90. The molecule has 0 radical (unpaired) electrons. The Hall–Kier alpha value is -1.50. The standard InChI is InChI=1S/C18H25N3O2S/c1-18(2,3)15-12-24-17(19-15)14-11-21(7-8-23-14)10-13-5-6-20(4)16(22)9-13/h5-6,9,12,14H,7-8,10-11H2,1-4H3. The molecular formula is C18H25N3O2S. The molecule has 0 N–H and O–H groups in total. The molecule has 0 saturated carbocycles. The molecule has 1 unspecified atom stereocenters. The second-order valence-corrected chi connectivity index (χ2v) is 8.29. The van der Waals surface area contributed by atoms with Crippen LogP contribution in [0.1, 0.15) is 43.1 Å². The summed E-state index contributed by atoms with van der Waals surface area (Å²) in [5.74, 6) is 0. The van der Waals surface area contributed by atoms with E-state index < -0.39 is 0 Å². The Bertz CT molecular complexity index is 760. The van der Waals surface area contributed by atoms with Crippen LogP contribution in [0.15, 0.2) is 28.5 Å². The van der Waals surface area contributed by atoms with Crippen molar-refractivity contribution < 1.29 is 4.74 Å². The molecule has 3 rings (SSSR count). The first kappa shape index (κ1) is 17.3. The monoisotopic (exact) mass is 347 g/mol. The Morgan fingerprint density at radius 2 is 2.21 bits per heavy atom. The maximum atomic E-state index is 11.8. The van der Waals surface area contributed by atoms with E-state index in [9.17, 15) is 4.79 Å². The van der Waals surface area contributed by atoms with Crippen molar-refractivity contribution in [1.82, 2.24) is 14.5 Å². The zero-order valence-corrected chi connectivity index (χ0v) is 15.6. The molecule has 0 amide bonds. The largest absolute Gasteiger partial charge is 0.368 e. The Morgan fingerprint density at radius 3 is 2.88 bits per heavy atom. The van der Waals surface area contributed by atoms with E-state index in [1.54, 1.807) is 29.0 Å². The molecule has 1 fully saturated rings. The van der Waals surface area contributed by atoms with Crippen LogP contribution < -0.4 is 5.56 Å².